The Morgan fingerprint density at radius 3 is 1.96 bits per heavy atom. The van der Waals surface area contributed by atoms with Gasteiger partial charge in [0.2, 0.25) is 5.76 Å². The molecule has 0 amide bonds. The number of furan rings is 1. The molecule has 1 aliphatic heterocycles. The highest BCUT2D eigenvalue weighted by Gasteiger charge is 2.26. The maximum atomic E-state index is 12.2. The van der Waals surface area contributed by atoms with Crippen LogP contribution >= 0.6 is 33.5 Å². The summed E-state index contributed by atoms with van der Waals surface area (Å²) in [5.41, 5.74) is 2.62. The lowest BCUT2D eigenvalue weighted by molar-refractivity contribution is 0.0699. The quantitative estimate of drug-likeness (QED) is 0.133. The van der Waals surface area contributed by atoms with Crippen molar-refractivity contribution in [2.24, 2.45) is 0 Å². The van der Waals surface area contributed by atoms with Crippen molar-refractivity contribution in [3.63, 3.8) is 0 Å². The summed E-state index contributed by atoms with van der Waals surface area (Å²) in [5, 5.41) is 0. The molecule has 2 heterocycles. The van der Waals surface area contributed by atoms with Gasteiger partial charge in [-0.05, 0) is 87.1 Å². The Morgan fingerprint density at radius 2 is 1.39 bits per heavy atom. The summed E-state index contributed by atoms with van der Waals surface area (Å²) in [6.45, 7) is 0. The number of halogens is 1. The van der Waals surface area contributed by atoms with E-state index in [9.17, 15) is 4.79 Å². The van der Waals surface area contributed by atoms with Gasteiger partial charge in [-0.25, -0.2) is 4.79 Å². The minimum absolute atomic E-state index is 0.205. The molecule has 0 unspecified atom stereocenters. The lowest BCUT2D eigenvalue weighted by Gasteiger charge is -2.19. The van der Waals surface area contributed by atoms with E-state index in [1.807, 2.05) is 34.7 Å². The van der Waals surface area contributed by atoms with Crippen LogP contribution in [0.5, 0.6) is 5.75 Å². The fourth-order valence-corrected chi connectivity index (χ4v) is 6.47. The van der Waals surface area contributed by atoms with Gasteiger partial charge >= 0.3 is 5.97 Å². The van der Waals surface area contributed by atoms with Gasteiger partial charge in [-0.3, -0.25) is 0 Å². The number of carbonyl (C=O) groups is 1. The molecule has 4 aromatic rings. The first-order valence-electron chi connectivity index (χ1n) is 8.77. The van der Waals surface area contributed by atoms with Crippen LogP contribution in [0.3, 0.4) is 0 Å². The maximum absolute atomic E-state index is 12.2. The van der Waals surface area contributed by atoms with Crippen LogP contribution in [0.15, 0.2) is 104 Å². The first-order chi connectivity index (χ1) is 13.7. The highest BCUT2D eigenvalue weighted by atomic mass is 127. The average molecular weight is 498 g/mol. The molecule has 0 bridgehead atoms. The third-order valence-electron chi connectivity index (χ3n) is 4.66. The largest absolute Gasteiger partial charge is 0.443 e. The molecule has 3 aromatic carbocycles. The second-order valence-corrected chi connectivity index (χ2v) is 9.57. The summed E-state index contributed by atoms with van der Waals surface area (Å²) in [6, 6.07) is 28.4. The minimum atomic E-state index is -0.605. The zero-order valence-corrected chi connectivity index (χ0v) is 17.7. The molecule has 0 spiro atoms. The predicted molar refractivity (Wildman–Crippen MR) is 118 cm³/mol. The summed E-state index contributed by atoms with van der Waals surface area (Å²) in [5.74, 6) is 0.227. The summed E-state index contributed by atoms with van der Waals surface area (Å²) in [4.78, 5) is 16.2. The van der Waals surface area contributed by atoms with Crippen LogP contribution in [-0.4, -0.2) is 5.97 Å². The molecule has 0 atom stereocenters. The number of carbonyl (C=O) groups excluding carboxylic acids is 1. The van der Waals surface area contributed by atoms with Crippen molar-refractivity contribution in [1.29, 1.82) is 0 Å². The second kappa shape index (κ2) is 7.14. The van der Waals surface area contributed by atoms with Gasteiger partial charge in [-0.15, -0.1) is 0 Å². The fourth-order valence-electron chi connectivity index (χ4n) is 3.45. The number of ether oxygens (including phenoxy) is 1. The molecule has 3 nitrogen and oxygen atoms in total. The van der Waals surface area contributed by atoms with Crippen LogP contribution < -0.4 is 4.74 Å². The molecular formula is C23H15IO3S. The van der Waals surface area contributed by atoms with E-state index in [4.69, 9.17) is 9.15 Å². The number of hydrogen-bond donors (Lipinski definition) is 1. The molecule has 0 N–H and O–H groups in total. The van der Waals surface area contributed by atoms with E-state index in [1.165, 1.54) is 25.8 Å². The average Bonchev–Trinajstić information content (AvgIpc) is 3.30. The van der Waals surface area contributed by atoms with E-state index in [2.05, 4.69) is 60.7 Å². The number of benzene rings is 3. The predicted octanol–water partition coefficient (Wildman–Crippen LogP) is 6.56. The Balaban J connectivity index is 1.46. The Bertz CT molecular complexity index is 1130. The normalized spacial score (nSPS) is 13.1. The maximum Gasteiger partial charge on any atom is 0.379 e. The van der Waals surface area contributed by atoms with Crippen LogP contribution in [0.4, 0.5) is 0 Å². The third-order valence-corrected chi connectivity index (χ3v) is 7.80. The zero-order valence-electron chi connectivity index (χ0n) is 14.6. The molecule has 0 saturated carbocycles. The van der Waals surface area contributed by atoms with Crippen LogP contribution in [0.1, 0.15) is 10.6 Å². The molecule has 5 heteroatoms. The minimum Gasteiger partial charge on any atom is -0.443 e. The molecule has 0 saturated heterocycles. The van der Waals surface area contributed by atoms with Gasteiger partial charge in [0.15, 0.2) is 3.77 Å². The lowest BCUT2D eigenvalue weighted by atomic mass is 10.1. The number of fused-ring (bicyclic) bond motifs is 3. The van der Waals surface area contributed by atoms with Crippen molar-refractivity contribution < 1.29 is 13.9 Å². The van der Waals surface area contributed by atoms with Crippen molar-refractivity contribution in [2.75, 3.05) is 0 Å². The topological polar surface area (TPSA) is 39.4 Å². The van der Waals surface area contributed by atoms with Crippen LogP contribution in [0, 0.1) is 3.77 Å². The van der Waals surface area contributed by atoms with E-state index >= 15 is 0 Å². The van der Waals surface area contributed by atoms with Gasteiger partial charge in [0.05, 0.1) is 0 Å². The summed E-state index contributed by atoms with van der Waals surface area (Å²) in [6.07, 6.45) is 0. The monoisotopic (exact) mass is 498 g/mol. The molecule has 0 fully saturated rings. The molecule has 0 aliphatic carbocycles. The summed E-state index contributed by atoms with van der Waals surface area (Å²) < 4.78 is 11.4. The smallest absolute Gasteiger partial charge is 0.379 e. The Morgan fingerprint density at radius 1 is 0.786 bits per heavy atom. The van der Waals surface area contributed by atoms with E-state index in [1.54, 1.807) is 12.1 Å². The molecular weight excluding hydrogens is 483 g/mol. The van der Waals surface area contributed by atoms with Gasteiger partial charge in [-0.2, -0.15) is 10.9 Å². The molecule has 1 aliphatic rings. The number of esters is 1. The Labute approximate surface area is 178 Å². The second-order valence-electron chi connectivity index (χ2n) is 6.36. The molecule has 138 valence electrons. The van der Waals surface area contributed by atoms with Gasteiger partial charge in [0.25, 0.3) is 0 Å². The van der Waals surface area contributed by atoms with Crippen molar-refractivity contribution in [1.82, 2.24) is 0 Å². The molecule has 1 aromatic heterocycles. The van der Waals surface area contributed by atoms with E-state index in [0.29, 0.717) is 9.52 Å². The first-order valence-corrected chi connectivity index (χ1v) is 11.2. The fraction of sp³-hybridized carbons (Fsp3) is 0. The van der Waals surface area contributed by atoms with Crippen molar-refractivity contribution in [3.8, 4) is 16.9 Å². The van der Waals surface area contributed by atoms with Gasteiger partial charge < -0.3 is 9.15 Å². The first kappa shape index (κ1) is 17.6. The van der Waals surface area contributed by atoms with Crippen molar-refractivity contribution in [2.45, 2.75) is 14.7 Å². The summed E-state index contributed by atoms with van der Waals surface area (Å²) >= 11 is 2.02. The van der Waals surface area contributed by atoms with Crippen molar-refractivity contribution in [3.05, 3.63) is 94.5 Å². The highest BCUT2D eigenvalue weighted by molar-refractivity contribution is 14.1. The Hall–Kier alpha value is -2.51. The standard InChI is InChI=1S/C23H15IO3S/c24-22-14-13-19(27-22)23(25)26-15-9-11-16(12-10-15)28-20-7-3-1-5-17(20)18-6-2-4-8-21(18)28/h1-14,28H. The van der Waals surface area contributed by atoms with E-state index in [-0.39, 0.29) is 5.76 Å². The van der Waals surface area contributed by atoms with E-state index < -0.39 is 16.9 Å². The third kappa shape index (κ3) is 3.04. The number of rotatable bonds is 3. The van der Waals surface area contributed by atoms with E-state index in [0.717, 1.165) is 0 Å². The molecule has 28 heavy (non-hydrogen) atoms. The van der Waals surface area contributed by atoms with Crippen LogP contribution in [0.25, 0.3) is 11.1 Å². The lowest BCUT2D eigenvalue weighted by Crippen LogP contribution is -2.07. The van der Waals surface area contributed by atoms with Gasteiger partial charge in [0, 0.05) is 9.79 Å². The zero-order chi connectivity index (χ0) is 19.1. The summed E-state index contributed by atoms with van der Waals surface area (Å²) in [7, 11) is -0.605. The number of hydrogen-bond acceptors (Lipinski definition) is 3. The number of thiol groups is 1. The highest BCUT2D eigenvalue weighted by Crippen LogP contribution is 2.62. The van der Waals surface area contributed by atoms with Crippen LogP contribution in [0.2, 0.25) is 0 Å². The van der Waals surface area contributed by atoms with Crippen molar-refractivity contribution >= 4 is 39.5 Å². The van der Waals surface area contributed by atoms with Gasteiger partial charge in [0.1, 0.15) is 5.75 Å². The Kier molecular flexibility index (Phi) is 4.49. The van der Waals surface area contributed by atoms with Gasteiger partial charge in [-0.1, -0.05) is 36.4 Å². The molecule has 0 radical (unpaired) electrons. The van der Waals surface area contributed by atoms with Crippen LogP contribution in [-0.2, 0) is 0 Å². The molecule has 5 rings (SSSR count). The SMILES string of the molecule is O=C(Oc1ccc([SH]2c3ccccc3-c3ccccc32)cc1)c1ccc(I)o1.